The number of nitro benzene ring substituents is 1. The van der Waals surface area contributed by atoms with Gasteiger partial charge in [-0.3, -0.25) is 10.1 Å². The molecule has 8 heteroatoms. The molecule has 0 saturated carbocycles. The molecule has 1 heterocycles. The Morgan fingerprint density at radius 1 is 1.43 bits per heavy atom. The summed E-state index contributed by atoms with van der Waals surface area (Å²) in [5.74, 6) is -0.656. The Morgan fingerprint density at radius 2 is 2.10 bits per heavy atom. The highest BCUT2D eigenvalue weighted by Crippen LogP contribution is 2.26. The van der Waals surface area contributed by atoms with Crippen molar-refractivity contribution in [2.75, 3.05) is 37.7 Å². The van der Waals surface area contributed by atoms with Crippen molar-refractivity contribution < 1.29 is 14.5 Å². The topological polar surface area (TPSA) is 120 Å². The maximum atomic E-state index is 11.8. The number of ether oxygens (including phenoxy) is 1. The second kappa shape index (κ2) is 7.55. The fourth-order valence-corrected chi connectivity index (χ4v) is 2.18. The average molecular weight is 296 g/mol. The quantitative estimate of drug-likeness (QED) is 0.488. The van der Waals surface area contributed by atoms with Crippen LogP contribution in [0.5, 0.6) is 0 Å². The molecule has 1 aromatic carbocycles. The Kier molecular flexibility index (Phi) is 6.07. The molecule has 0 amide bonds. The van der Waals surface area contributed by atoms with Crippen molar-refractivity contribution in [3.63, 3.8) is 0 Å². The highest BCUT2D eigenvalue weighted by Gasteiger charge is 2.23. The molecule has 116 valence electrons. The van der Waals surface area contributed by atoms with Gasteiger partial charge in [0.1, 0.15) is 5.56 Å². The summed E-state index contributed by atoms with van der Waals surface area (Å²) in [5.41, 5.74) is 0.593. The third kappa shape index (κ3) is 3.89. The fraction of sp³-hybridized carbons (Fsp3) is 0.462. The van der Waals surface area contributed by atoms with Gasteiger partial charge in [0.25, 0.3) is 5.69 Å². The summed E-state index contributed by atoms with van der Waals surface area (Å²) < 4.78 is 4.89. The lowest BCUT2D eigenvalue weighted by Crippen LogP contribution is -2.43. The highest BCUT2D eigenvalue weighted by molar-refractivity contribution is 5.95. The zero-order chi connectivity index (χ0) is 14.5. The third-order valence-corrected chi connectivity index (χ3v) is 3.15. The number of rotatable bonds is 4. The van der Waals surface area contributed by atoms with Gasteiger partial charge in [-0.2, -0.15) is 0 Å². The lowest BCUT2D eigenvalue weighted by atomic mass is 10.1. The molecule has 0 bridgehead atoms. The van der Waals surface area contributed by atoms with E-state index in [1.807, 2.05) is 0 Å². The van der Waals surface area contributed by atoms with E-state index >= 15 is 0 Å². The van der Waals surface area contributed by atoms with Crippen LogP contribution in [0.25, 0.3) is 0 Å². The second-order valence-corrected chi connectivity index (χ2v) is 4.42. The maximum Gasteiger partial charge on any atom is 0.345 e. The van der Waals surface area contributed by atoms with Crippen molar-refractivity contribution >= 4 is 17.3 Å². The van der Waals surface area contributed by atoms with Gasteiger partial charge >= 0.3 is 5.97 Å². The van der Waals surface area contributed by atoms with E-state index in [0.717, 1.165) is 31.9 Å². The monoisotopic (exact) mass is 296 g/mol. The van der Waals surface area contributed by atoms with Crippen molar-refractivity contribution in [3.05, 3.63) is 33.9 Å². The number of hydrogen-bond acceptors (Lipinski definition) is 7. The number of nitrogens with one attached hydrogen (secondary N) is 1. The van der Waals surface area contributed by atoms with Crippen LogP contribution in [-0.2, 0) is 4.74 Å². The van der Waals surface area contributed by atoms with E-state index in [0.29, 0.717) is 0 Å². The van der Waals surface area contributed by atoms with Crippen LogP contribution in [0.4, 0.5) is 11.4 Å². The first kappa shape index (κ1) is 16.9. The smallest absolute Gasteiger partial charge is 0.345 e. The maximum absolute atomic E-state index is 11.8. The number of nitrogens with zero attached hydrogens (tertiary/aromatic N) is 2. The zero-order valence-electron chi connectivity index (χ0n) is 12.0. The summed E-state index contributed by atoms with van der Waals surface area (Å²) >= 11 is 0. The van der Waals surface area contributed by atoms with Crippen LogP contribution in [0, 0.1) is 10.1 Å². The summed E-state index contributed by atoms with van der Waals surface area (Å²) in [5, 5.41) is 14.2. The minimum Gasteiger partial charge on any atom is -0.462 e. The molecule has 21 heavy (non-hydrogen) atoms. The molecule has 0 unspecified atom stereocenters. The summed E-state index contributed by atoms with van der Waals surface area (Å²) in [6.07, 6.45) is 0. The normalized spacial score (nSPS) is 14.2. The molecular weight excluding hydrogens is 276 g/mol. The van der Waals surface area contributed by atoms with Gasteiger partial charge in [-0.15, -0.1) is 0 Å². The van der Waals surface area contributed by atoms with E-state index < -0.39 is 10.9 Å². The summed E-state index contributed by atoms with van der Waals surface area (Å²) in [6, 6.07) is 4.58. The first-order valence-electron chi connectivity index (χ1n) is 6.54. The fourth-order valence-electron chi connectivity index (χ4n) is 2.18. The van der Waals surface area contributed by atoms with Crippen molar-refractivity contribution in [1.29, 1.82) is 0 Å². The predicted octanol–water partition coefficient (Wildman–Crippen LogP) is 1.34. The average Bonchev–Trinajstić information content (AvgIpc) is 2.47. The SMILES string of the molecule is CCOC(=O)c1cc(N2CCNCC2)ccc1[N+](=O)[O-].N. The minimum absolute atomic E-state index is 0. The molecule has 2 rings (SSSR count). The van der Waals surface area contributed by atoms with Gasteiger partial charge in [0.15, 0.2) is 0 Å². The first-order valence-corrected chi connectivity index (χ1v) is 6.54. The molecule has 1 saturated heterocycles. The van der Waals surface area contributed by atoms with Crippen LogP contribution in [0.2, 0.25) is 0 Å². The van der Waals surface area contributed by atoms with Crippen molar-refractivity contribution in [2.24, 2.45) is 0 Å². The number of hydrogen-bond donors (Lipinski definition) is 2. The predicted molar refractivity (Wildman–Crippen MR) is 79.2 cm³/mol. The van der Waals surface area contributed by atoms with Crippen LogP contribution in [0.3, 0.4) is 0 Å². The number of benzene rings is 1. The van der Waals surface area contributed by atoms with Crippen LogP contribution in [0.15, 0.2) is 18.2 Å². The van der Waals surface area contributed by atoms with Gasteiger partial charge in [-0.25, -0.2) is 4.79 Å². The number of esters is 1. The van der Waals surface area contributed by atoms with E-state index in [4.69, 9.17) is 4.74 Å². The van der Waals surface area contributed by atoms with E-state index in [9.17, 15) is 14.9 Å². The van der Waals surface area contributed by atoms with Crippen LogP contribution >= 0.6 is 0 Å². The number of piperazine rings is 1. The van der Waals surface area contributed by atoms with Crippen LogP contribution in [0.1, 0.15) is 17.3 Å². The Morgan fingerprint density at radius 3 is 2.67 bits per heavy atom. The first-order chi connectivity index (χ1) is 9.63. The van der Waals surface area contributed by atoms with E-state index in [-0.39, 0.29) is 24.0 Å². The second-order valence-electron chi connectivity index (χ2n) is 4.42. The molecule has 0 spiro atoms. The number of carbonyl (C=O) groups excluding carboxylic acids is 1. The Labute approximate surface area is 122 Å². The molecule has 0 aromatic heterocycles. The van der Waals surface area contributed by atoms with Crippen molar-refractivity contribution in [3.8, 4) is 0 Å². The molecule has 0 atom stereocenters. The minimum atomic E-state index is -0.656. The summed E-state index contributed by atoms with van der Waals surface area (Å²) in [4.78, 5) is 24.4. The molecule has 1 fully saturated rings. The highest BCUT2D eigenvalue weighted by atomic mass is 16.6. The van der Waals surface area contributed by atoms with Gasteiger partial charge in [0.2, 0.25) is 0 Å². The van der Waals surface area contributed by atoms with Gasteiger partial charge in [-0.1, -0.05) is 0 Å². The standard InChI is InChI=1S/C13H17N3O4.H3N/c1-2-20-13(17)11-9-10(3-4-12(11)16(18)19)15-7-5-14-6-8-15;/h3-4,9,14H,2,5-8H2,1H3;1H3. The van der Waals surface area contributed by atoms with Crippen LogP contribution in [-0.4, -0.2) is 43.7 Å². The lowest BCUT2D eigenvalue weighted by molar-refractivity contribution is -0.385. The number of carbonyl (C=O) groups is 1. The van der Waals surface area contributed by atoms with E-state index in [1.54, 1.807) is 19.1 Å². The molecule has 4 N–H and O–H groups in total. The van der Waals surface area contributed by atoms with E-state index in [2.05, 4.69) is 10.2 Å². The molecule has 8 nitrogen and oxygen atoms in total. The zero-order valence-corrected chi connectivity index (χ0v) is 12.0. The molecule has 1 aromatic rings. The number of anilines is 1. The van der Waals surface area contributed by atoms with Gasteiger partial charge in [-0.05, 0) is 19.1 Å². The number of nitro groups is 1. The largest absolute Gasteiger partial charge is 0.462 e. The van der Waals surface area contributed by atoms with Crippen molar-refractivity contribution in [1.82, 2.24) is 11.5 Å². The summed E-state index contributed by atoms with van der Waals surface area (Å²) in [6.45, 7) is 5.18. The molecule has 1 aliphatic heterocycles. The molecule has 1 aliphatic rings. The molecule has 0 radical (unpaired) electrons. The lowest BCUT2D eigenvalue weighted by Gasteiger charge is -2.29. The van der Waals surface area contributed by atoms with E-state index in [1.165, 1.54) is 6.07 Å². The Balaban J connectivity index is 0.00000220. The Hall–Kier alpha value is -2.19. The van der Waals surface area contributed by atoms with Gasteiger partial charge in [0.05, 0.1) is 11.5 Å². The third-order valence-electron chi connectivity index (χ3n) is 3.15. The van der Waals surface area contributed by atoms with Crippen LogP contribution < -0.4 is 16.4 Å². The Bertz CT molecular complexity index is 515. The summed E-state index contributed by atoms with van der Waals surface area (Å²) in [7, 11) is 0. The van der Waals surface area contributed by atoms with Gasteiger partial charge in [0, 0.05) is 37.9 Å². The molecule has 0 aliphatic carbocycles. The van der Waals surface area contributed by atoms with Gasteiger partial charge < -0.3 is 21.1 Å². The van der Waals surface area contributed by atoms with Crippen molar-refractivity contribution in [2.45, 2.75) is 6.92 Å². The molecular formula is C13H20N4O4.